The smallest absolute Gasteiger partial charge is 0.347 e. The average molecular weight is 1080 g/mol. The van der Waals surface area contributed by atoms with E-state index in [4.69, 9.17) is 33.1 Å². The van der Waals surface area contributed by atoms with E-state index in [1.165, 1.54) is 36.7 Å². The van der Waals surface area contributed by atoms with Crippen molar-refractivity contribution < 1.29 is 42.1 Å². The summed E-state index contributed by atoms with van der Waals surface area (Å²) in [5.74, 6) is 0.383. The minimum atomic E-state index is -2.97. The van der Waals surface area contributed by atoms with E-state index in [0.717, 1.165) is 31.9 Å². The molecular formula is C57H56BrFN4O8SSi. The molecule has 0 spiro atoms. The zero-order chi connectivity index (χ0) is 51.5. The maximum absolute atomic E-state index is 14.0. The van der Waals surface area contributed by atoms with Crippen molar-refractivity contribution in [1.29, 1.82) is 0 Å². The number of esters is 2. The van der Waals surface area contributed by atoms with E-state index in [0.29, 0.717) is 56.1 Å². The van der Waals surface area contributed by atoms with Crippen LogP contribution in [0.4, 0.5) is 4.39 Å². The summed E-state index contributed by atoms with van der Waals surface area (Å²) < 4.78 is 52.2. The number of fused-ring (bicyclic) bond motifs is 1. The first-order chi connectivity index (χ1) is 35.3. The van der Waals surface area contributed by atoms with Gasteiger partial charge in [-0.2, -0.15) is 0 Å². The third-order valence-corrected chi connectivity index (χ3v) is 19.5. The largest absolute Gasteiger partial charge is 0.496 e. The third kappa shape index (κ3) is 12.3. The second kappa shape index (κ2) is 23.8. The third-order valence-electron chi connectivity index (χ3n) is 12.3. The number of methoxy groups -OCH3 is 1. The zero-order valence-corrected chi connectivity index (χ0v) is 44.9. The Balaban J connectivity index is 1.12. The van der Waals surface area contributed by atoms with Gasteiger partial charge in [-0.05, 0) is 104 Å². The predicted molar refractivity (Wildman–Crippen MR) is 288 cm³/mol. The second-order valence-electron chi connectivity index (χ2n) is 18.2. The van der Waals surface area contributed by atoms with Crippen LogP contribution < -0.4 is 24.6 Å². The van der Waals surface area contributed by atoms with Gasteiger partial charge in [-0.3, -0.25) is 4.79 Å². The van der Waals surface area contributed by atoms with E-state index in [1.54, 1.807) is 38.4 Å². The van der Waals surface area contributed by atoms with Crippen molar-refractivity contribution in [3.05, 3.63) is 173 Å². The van der Waals surface area contributed by atoms with Crippen molar-refractivity contribution in [2.75, 3.05) is 20.3 Å². The summed E-state index contributed by atoms with van der Waals surface area (Å²) in [6.45, 7) is 10.1. The minimum absolute atomic E-state index is 0.0145. The summed E-state index contributed by atoms with van der Waals surface area (Å²) in [6, 6.07) is 41.9. The van der Waals surface area contributed by atoms with Crippen LogP contribution in [0.2, 0.25) is 5.04 Å². The van der Waals surface area contributed by atoms with Gasteiger partial charge in [0.15, 0.2) is 5.82 Å². The van der Waals surface area contributed by atoms with Gasteiger partial charge in [0.2, 0.25) is 12.0 Å². The van der Waals surface area contributed by atoms with E-state index in [9.17, 15) is 14.0 Å². The molecule has 0 radical (unpaired) electrons. The van der Waals surface area contributed by atoms with Gasteiger partial charge >= 0.3 is 11.9 Å². The molecule has 0 amide bonds. The number of nitrogens with zero attached hydrogens (tertiary/aromatic N) is 4. The first kappa shape index (κ1) is 52.5. The van der Waals surface area contributed by atoms with Crippen LogP contribution in [0.15, 0.2) is 150 Å². The summed E-state index contributed by atoms with van der Waals surface area (Å²) in [6.07, 6.45) is 2.20. The number of thiophene rings is 1. The zero-order valence-electron chi connectivity index (χ0n) is 41.5. The highest BCUT2D eigenvalue weighted by molar-refractivity contribution is 9.10. The van der Waals surface area contributed by atoms with Crippen LogP contribution >= 0.6 is 27.3 Å². The molecule has 0 unspecified atom stereocenters. The number of hydrogen-bond donors (Lipinski definition) is 0. The Morgan fingerprint density at radius 3 is 2.21 bits per heavy atom. The molecule has 0 fully saturated rings. The van der Waals surface area contributed by atoms with E-state index in [2.05, 4.69) is 75.9 Å². The standard InChI is InChI=1S/C57H56BrFN4O8SSi/c1-7-67-56(65)49(71-54-50-51(58)52(72-55(50)62-36-61-54)39-24-26-41(59)27-25-39)33-40-32-38(23-29-47(40)68-34-42-30-31-60-53(63-42)46-20-14-15-21-48(46)66-6)22-28-43(70-37(2)64)35-69-73(57(3,4)5,44-16-10-8-11-17-44)45-18-12-9-13-19-45/h8-21,23-27,29-32,36,43,49H,7,22,28,33-35H2,1-6H3/t43-,49-/m1/s1. The molecule has 0 aliphatic carbocycles. The van der Waals surface area contributed by atoms with Crippen LogP contribution in [-0.2, 0) is 42.9 Å². The van der Waals surface area contributed by atoms with Gasteiger partial charge in [0, 0.05) is 19.5 Å². The summed E-state index contributed by atoms with van der Waals surface area (Å²) in [4.78, 5) is 46.5. The molecular weight excluding hydrogens is 1030 g/mol. The number of hydrogen-bond acceptors (Lipinski definition) is 13. The van der Waals surface area contributed by atoms with Crippen molar-refractivity contribution in [3.8, 4) is 39.2 Å². The average Bonchev–Trinajstić information content (AvgIpc) is 3.74. The highest BCUT2D eigenvalue weighted by Gasteiger charge is 2.50. The van der Waals surface area contributed by atoms with Crippen LogP contribution in [-0.4, -0.2) is 72.7 Å². The summed E-state index contributed by atoms with van der Waals surface area (Å²) in [5, 5.41) is 2.50. The van der Waals surface area contributed by atoms with Gasteiger partial charge < -0.3 is 28.1 Å². The minimum Gasteiger partial charge on any atom is -0.496 e. The number of aromatic nitrogens is 4. The monoisotopic (exact) mass is 1080 g/mol. The maximum Gasteiger partial charge on any atom is 0.347 e. The number of carbonyl (C=O) groups excluding carboxylic acids is 2. The van der Waals surface area contributed by atoms with Crippen LogP contribution in [0.25, 0.3) is 32.0 Å². The van der Waals surface area contributed by atoms with E-state index >= 15 is 0 Å². The van der Waals surface area contributed by atoms with E-state index in [1.807, 2.05) is 78.9 Å². The van der Waals surface area contributed by atoms with Gasteiger partial charge in [-0.1, -0.05) is 118 Å². The molecule has 2 atom stereocenters. The molecule has 3 aromatic heterocycles. The second-order valence-corrected chi connectivity index (χ2v) is 24.3. The predicted octanol–water partition coefficient (Wildman–Crippen LogP) is 11.3. The lowest BCUT2D eigenvalue weighted by molar-refractivity contribution is -0.151. The van der Waals surface area contributed by atoms with Crippen molar-refractivity contribution in [2.45, 2.75) is 77.7 Å². The lowest BCUT2D eigenvalue weighted by atomic mass is 10.00. The van der Waals surface area contributed by atoms with Crippen LogP contribution in [0, 0.1) is 5.82 Å². The van der Waals surface area contributed by atoms with Crippen molar-refractivity contribution in [2.24, 2.45) is 0 Å². The van der Waals surface area contributed by atoms with Crippen molar-refractivity contribution in [3.63, 3.8) is 0 Å². The van der Waals surface area contributed by atoms with Crippen molar-refractivity contribution >= 4 is 68.1 Å². The molecule has 8 aromatic rings. The van der Waals surface area contributed by atoms with E-state index in [-0.39, 0.29) is 43.0 Å². The Morgan fingerprint density at radius 1 is 0.836 bits per heavy atom. The Hall–Kier alpha value is -6.85. The highest BCUT2D eigenvalue weighted by atomic mass is 79.9. The fourth-order valence-electron chi connectivity index (χ4n) is 8.89. The molecule has 8 rings (SSSR count). The number of aryl methyl sites for hydroxylation is 1. The Bertz CT molecular complexity index is 3120. The van der Waals surface area contributed by atoms with Crippen molar-refractivity contribution in [1.82, 2.24) is 19.9 Å². The number of carbonyl (C=O) groups is 2. The molecule has 0 N–H and O–H groups in total. The molecule has 0 saturated heterocycles. The molecule has 3 heterocycles. The van der Waals surface area contributed by atoms with Gasteiger partial charge in [0.25, 0.3) is 8.32 Å². The Labute approximate surface area is 438 Å². The summed E-state index contributed by atoms with van der Waals surface area (Å²) in [7, 11) is -1.37. The lowest BCUT2D eigenvalue weighted by Gasteiger charge is -2.43. The van der Waals surface area contributed by atoms with Crippen LogP contribution in [0.1, 0.15) is 57.9 Å². The molecule has 0 aliphatic rings. The lowest BCUT2D eigenvalue weighted by Crippen LogP contribution is -2.67. The number of ether oxygens (including phenoxy) is 5. The molecule has 0 saturated carbocycles. The molecule has 5 aromatic carbocycles. The molecule has 376 valence electrons. The van der Waals surface area contributed by atoms with E-state index < -0.39 is 32.5 Å². The SMILES string of the molecule is CCOC(=O)[C@@H](Cc1cc(CC[C@H](CO[Si](c2ccccc2)(c2ccccc2)C(C)(C)C)OC(C)=O)ccc1OCc1ccnc(-c2ccccc2OC)n1)Oc1ncnc2sc(-c3ccc(F)cc3)c(Br)c12. The Kier molecular flexibility index (Phi) is 17.1. The van der Waals surface area contributed by atoms with Gasteiger partial charge in [-0.15, -0.1) is 11.3 Å². The first-order valence-electron chi connectivity index (χ1n) is 23.9. The number of benzene rings is 5. The molecule has 16 heteroatoms. The maximum atomic E-state index is 14.0. The van der Waals surface area contributed by atoms with Crippen LogP contribution in [0.5, 0.6) is 17.4 Å². The fourth-order valence-corrected chi connectivity index (χ4v) is 15.5. The van der Waals surface area contributed by atoms with Gasteiger partial charge in [-0.25, -0.2) is 29.1 Å². The van der Waals surface area contributed by atoms with Gasteiger partial charge in [0.1, 0.15) is 41.2 Å². The molecule has 0 bridgehead atoms. The number of halogens is 2. The number of rotatable bonds is 21. The van der Waals surface area contributed by atoms with Crippen LogP contribution in [0.3, 0.4) is 0 Å². The molecule has 0 aliphatic heterocycles. The molecule has 73 heavy (non-hydrogen) atoms. The highest BCUT2D eigenvalue weighted by Crippen LogP contribution is 2.45. The fraction of sp³-hybridized carbons (Fsp3) is 0.263. The number of para-hydroxylation sites is 1. The quantitative estimate of drug-likeness (QED) is 0.0499. The molecule has 12 nitrogen and oxygen atoms in total. The Morgan fingerprint density at radius 2 is 1.53 bits per heavy atom. The summed E-state index contributed by atoms with van der Waals surface area (Å²) in [5.41, 5.74) is 3.64. The summed E-state index contributed by atoms with van der Waals surface area (Å²) >= 11 is 5.12. The normalized spacial score (nSPS) is 12.5. The van der Waals surface area contributed by atoms with Gasteiger partial charge in [0.05, 0.1) is 46.3 Å². The first-order valence-corrected chi connectivity index (χ1v) is 27.4. The topological polar surface area (TPSA) is 141 Å².